The highest BCUT2D eigenvalue weighted by Crippen LogP contribution is 2.46. The Kier molecular flexibility index (Phi) is 2.76. The van der Waals surface area contributed by atoms with Crippen LogP contribution in [-0.4, -0.2) is 19.9 Å². The number of anilines is 1. The van der Waals surface area contributed by atoms with Crippen LogP contribution < -0.4 is 15.8 Å². The van der Waals surface area contributed by atoms with Crippen LogP contribution in [0.25, 0.3) is 5.00 Å². The molecule has 1 aliphatic carbocycles. The molecule has 2 aromatic heterocycles. The second-order valence-corrected chi connectivity index (χ2v) is 7.65. The number of fused-ring (bicyclic) bond motifs is 8. The molecule has 2 aromatic rings. The summed E-state index contributed by atoms with van der Waals surface area (Å²) in [6, 6.07) is 0. The minimum Gasteiger partial charge on any atom is -0.295 e. The van der Waals surface area contributed by atoms with Crippen molar-refractivity contribution >= 4 is 46.8 Å². The van der Waals surface area contributed by atoms with Gasteiger partial charge in [-0.2, -0.15) is 0 Å². The third-order valence-corrected chi connectivity index (χ3v) is 6.45. The number of hydrogen-bond acceptors (Lipinski definition) is 5. The summed E-state index contributed by atoms with van der Waals surface area (Å²) >= 11 is 12.8. The fourth-order valence-corrected chi connectivity index (χ4v) is 5.56. The summed E-state index contributed by atoms with van der Waals surface area (Å²) in [4.78, 5) is 3.51. The van der Waals surface area contributed by atoms with Crippen LogP contribution in [0.4, 0.5) is 5.95 Å². The van der Waals surface area contributed by atoms with Crippen molar-refractivity contribution in [2.75, 3.05) is 4.90 Å². The van der Waals surface area contributed by atoms with E-state index in [1.165, 1.54) is 40.3 Å². The van der Waals surface area contributed by atoms with Gasteiger partial charge in [-0.15, -0.1) is 16.4 Å². The van der Waals surface area contributed by atoms with Gasteiger partial charge in [0.2, 0.25) is 10.7 Å². The van der Waals surface area contributed by atoms with E-state index in [-0.39, 0.29) is 6.17 Å². The molecule has 1 fully saturated rings. The summed E-state index contributed by atoms with van der Waals surface area (Å²) in [6.45, 7) is 0. The van der Waals surface area contributed by atoms with Crippen LogP contribution in [0, 0.1) is 4.77 Å². The van der Waals surface area contributed by atoms with E-state index in [9.17, 15) is 0 Å². The fraction of sp³-hybridized carbons (Fsp3) is 0.462. The van der Waals surface area contributed by atoms with Crippen LogP contribution in [0.3, 0.4) is 0 Å². The molecule has 9 heteroatoms. The van der Waals surface area contributed by atoms with Gasteiger partial charge in [0, 0.05) is 10.4 Å². The van der Waals surface area contributed by atoms with E-state index in [0.29, 0.717) is 9.88 Å². The molecule has 114 valence electrons. The van der Waals surface area contributed by atoms with E-state index in [0.717, 1.165) is 18.8 Å². The van der Waals surface area contributed by atoms with E-state index in [1.54, 1.807) is 0 Å². The van der Waals surface area contributed by atoms with Crippen molar-refractivity contribution in [3.8, 4) is 5.00 Å². The molecule has 3 aliphatic rings. The number of aromatic nitrogens is 3. The summed E-state index contributed by atoms with van der Waals surface area (Å²) in [6.07, 6.45) is 6.15. The highest BCUT2D eigenvalue weighted by molar-refractivity contribution is 7.80. The average molecular weight is 350 g/mol. The number of thiocarbonyl (C=S) groups is 1. The molecule has 2 aliphatic heterocycles. The average Bonchev–Trinajstić information content (AvgIpc) is 3.11. The van der Waals surface area contributed by atoms with Crippen molar-refractivity contribution in [3.05, 3.63) is 20.8 Å². The number of nitrogens with zero attached hydrogens (tertiary/aromatic N) is 3. The number of aromatic amines is 1. The standard InChI is InChI=1S/C13H14N6S3/c20-12-16-14-9-8-6-4-2-1-3-5-7(6)22-10(8)19-11(18(9)12)15-17-13(19)21/h9,14H,1-5H2,(H,16,20)(H,17,21). The molecule has 0 spiro atoms. The number of rotatable bonds is 0. The van der Waals surface area contributed by atoms with E-state index in [1.807, 2.05) is 20.8 Å². The van der Waals surface area contributed by atoms with E-state index in [4.69, 9.17) is 24.4 Å². The Morgan fingerprint density at radius 2 is 2.05 bits per heavy atom. The number of H-pyrrole nitrogens is 1. The number of hydrazine groups is 1. The smallest absolute Gasteiger partial charge is 0.239 e. The van der Waals surface area contributed by atoms with Crippen LogP contribution in [0.15, 0.2) is 0 Å². The zero-order valence-electron chi connectivity index (χ0n) is 11.7. The van der Waals surface area contributed by atoms with Gasteiger partial charge >= 0.3 is 0 Å². The molecule has 22 heavy (non-hydrogen) atoms. The minimum absolute atomic E-state index is 0.0123. The molecule has 5 rings (SSSR count). The molecule has 0 amide bonds. The molecule has 0 bridgehead atoms. The molecule has 4 heterocycles. The van der Waals surface area contributed by atoms with Crippen LogP contribution in [0.2, 0.25) is 0 Å². The lowest BCUT2D eigenvalue weighted by atomic mass is 10.0. The summed E-state index contributed by atoms with van der Waals surface area (Å²) in [5.41, 5.74) is 9.19. The maximum Gasteiger partial charge on any atom is 0.239 e. The van der Waals surface area contributed by atoms with Gasteiger partial charge in [0.15, 0.2) is 5.11 Å². The fourth-order valence-electron chi connectivity index (χ4n) is 3.61. The van der Waals surface area contributed by atoms with Gasteiger partial charge < -0.3 is 0 Å². The van der Waals surface area contributed by atoms with Gasteiger partial charge in [-0.25, -0.2) is 15.1 Å². The number of thiophene rings is 1. The molecule has 1 atom stereocenters. The summed E-state index contributed by atoms with van der Waals surface area (Å²) in [7, 11) is 0. The van der Waals surface area contributed by atoms with E-state index in [2.05, 4.69) is 21.0 Å². The molecule has 1 saturated heterocycles. The van der Waals surface area contributed by atoms with Gasteiger partial charge in [0.25, 0.3) is 0 Å². The highest BCUT2D eigenvalue weighted by Gasteiger charge is 2.42. The second-order valence-electron chi connectivity index (χ2n) is 5.79. The molecule has 0 aromatic carbocycles. The van der Waals surface area contributed by atoms with Crippen molar-refractivity contribution in [1.82, 2.24) is 25.6 Å². The van der Waals surface area contributed by atoms with Crippen molar-refractivity contribution in [1.29, 1.82) is 0 Å². The Balaban J connectivity index is 1.83. The quantitative estimate of drug-likeness (QED) is 0.501. The first-order valence-corrected chi connectivity index (χ1v) is 9.06. The first-order valence-electron chi connectivity index (χ1n) is 7.42. The first kappa shape index (κ1) is 13.2. The summed E-state index contributed by atoms with van der Waals surface area (Å²) in [5, 5.41) is 9.13. The molecule has 1 unspecified atom stereocenters. The van der Waals surface area contributed by atoms with Gasteiger partial charge in [-0.3, -0.25) is 10.3 Å². The topological polar surface area (TPSA) is 60.9 Å². The molecular formula is C13H14N6S3. The van der Waals surface area contributed by atoms with Crippen LogP contribution in [-0.2, 0) is 12.8 Å². The van der Waals surface area contributed by atoms with Gasteiger partial charge in [-0.1, -0.05) is 6.42 Å². The number of aryl methyl sites for hydroxylation is 1. The lowest BCUT2D eigenvalue weighted by molar-refractivity contribution is 0.562. The third-order valence-electron chi connectivity index (χ3n) is 4.58. The minimum atomic E-state index is 0.0123. The van der Waals surface area contributed by atoms with Crippen LogP contribution in [0.5, 0.6) is 0 Å². The summed E-state index contributed by atoms with van der Waals surface area (Å²) in [5.74, 6) is 0.765. The number of hydrogen-bond donors (Lipinski definition) is 3. The van der Waals surface area contributed by atoms with Gasteiger partial charge in [0.1, 0.15) is 11.2 Å². The van der Waals surface area contributed by atoms with E-state index < -0.39 is 0 Å². The van der Waals surface area contributed by atoms with Crippen LogP contribution >= 0.6 is 35.8 Å². The predicted octanol–water partition coefficient (Wildman–Crippen LogP) is 2.47. The molecule has 0 radical (unpaired) electrons. The Labute approximate surface area is 141 Å². The second kappa shape index (κ2) is 4.60. The SMILES string of the molecule is S=C1NNC2c3c(sc4c3CCCCC4)-n3c(n[nH]c3=S)N12. The van der Waals surface area contributed by atoms with Crippen LogP contribution in [0.1, 0.15) is 41.4 Å². The van der Waals surface area contributed by atoms with Crippen molar-refractivity contribution in [3.63, 3.8) is 0 Å². The third kappa shape index (κ3) is 1.59. The lowest BCUT2D eigenvalue weighted by Gasteiger charge is -2.29. The van der Waals surface area contributed by atoms with Crippen molar-refractivity contribution < 1.29 is 0 Å². The first-order chi connectivity index (χ1) is 10.8. The van der Waals surface area contributed by atoms with Gasteiger partial charge in [0.05, 0.1) is 0 Å². The maximum atomic E-state index is 5.46. The zero-order chi connectivity index (χ0) is 14.8. The monoisotopic (exact) mass is 350 g/mol. The molecule has 3 N–H and O–H groups in total. The zero-order valence-corrected chi connectivity index (χ0v) is 14.1. The van der Waals surface area contributed by atoms with E-state index >= 15 is 0 Å². The Morgan fingerprint density at radius 3 is 2.95 bits per heavy atom. The normalized spacial score (nSPS) is 22.5. The molecular weight excluding hydrogens is 336 g/mol. The Morgan fingerprint density at radius 1 is 1.18 bits per heavy atom. The van der Waals surface area contributed by atoms with Crippen molar-refractivity contribution in [2.45, 2.75) is 38.3 Å². The lowest BCUT2D eigenvalue weighted by Crippen LogP contribution is -2.35. The molecule has 0 saturated carbocycles. The largest absolute Gasteiger partial charge is 0.295 e. The number of nitrogens with one attached hydrogen (secondary N) is 3. The predicted molar refractivity (Wildman–Crippen MR) is 92.0 cm³/mol. The Bertz CT molecular complexity index is 847. The Hall–Kier alpha value is -1.29. The highest BCUT2D eigenvalue weighted by atomic mass is 32.1. The maximum absolute atomic E-state index is 5.46. The van der Waals surface area contributed by atoms with Gasteiger partial charge in [-0.05, 0) is 55.7 Å². The van der Waals surface area contributed by atoms with Crippen molar-refractivity contribution in [2.24, 2.45) is 0 Å². The molecule has 6 nitrogen and oxygen atoms in total. The summed E-state index contributed by atoms with van der Waals surface area (Å²) < 4.78 is 2.65.